The van der Waals surface area contributed by atoms with Gasteiger partial charge >= 0.3 is 0 Å². The summed E-state index contributed by atoms with van der Waals surface area (Å²) in [6.07, 6.45) is 7.91. The molecule has 0 spiro atoms. The van der Waals surface area contributed by atoms with Crippen LogP contribution in [0.25, 0.3) is 0 Å². The molecule has 0 aliphatic carbocycles. The normalized spacial score (nSPS) is 25.1. The maximum absolute atomic E-state index is 13.3. The number of nitrogens with one attached hydrogen (secondary N) is 1. The number of hydrogen-bond donors (Lipinski definition) is 1. The van der Waals surface area contributed by atoms with Crippen LogP contribution in [0.5, 0.6) is 0 Å². The lowest BCUT2D eigenvalue weighted by Crippen LogP contribution is -2.36. The van der Waals surface area contributed by atoms with Crippen molar-refractivity contribution in [3.05, 3.63) is 23.5 Å². The van der Waals surface area contributed by atoms with Crippen molar-refractivity contribution in [3.63, 3.8) is 0 Å². The average molecular weight is 296 g/mol. The molecule has 2 rings (SSSR count). The molecule has 106 valence electrons. The smallest absolute Gasteiger partial charge is 0.222 e. The van der Waals surface area contributed by atoms with Crippen LogP contribution in [0.15, 0.2) is 33.5 Å². The highest BCUT2D eigenvalue weighted by molar-refractivity contribution is 6.31. The number of hydrogen-bond acceptors (Lipinski definition) is 5. The monoisotopic (exact) mass is 295 g/mol. The Morgan fingerprint density at radius 2 is 2.45 bits per heavy atom. The highest BCUT2D eigenvalue weighted by Crippen LogP contribution is 2.26. The molecule has 0 saturated heterocycles. The first-order chi connectivity index (χ1) is 9.59. The van der Waals surface area contributed by atoms with Crippen molar-refractivity contribution in [2.24, 2.45) is 9.98 Å². The van der Waals surface area contributed by atoms with Crippen molar-refractivity contribution in [1.82, 2.24) is 10.4 Å². The Hall–Kier alpha value is -1.71. The number of halogens is 2. The molecule has 0 aromatic rings. The maximum Gasteiger partial charge on any atom is 0.222 e. The predicted octanol–water partition coefficient (Wildman–Crippen LogP) is 2.29. The highest BCUT2D eigenvalue weighted by Gasteiger charge is 2.24. The summed E-state index contributed by atoms with van der Waals surface area (Å²) in [5.74, 6) is 0. The summed E-state index contributed by atoms with van der Waals surface area (Å²) in [4.78, 5) is 8.05. The zero-order chi connectivity index (χ0) is 14.4. The van der Waals surface area contributed by atoms with Crippen molar-refractivity contribution in [1.29, 1.82) is 5.26 Å². The minimum absolute atomic E-state index is 0.163. The van der Waals surface area contributed by atoms with E-state index in [1.807, 2.05) is 6.07 Å². The fourth-order valence-corrected chi connectivity index (χ4v) is 1.94. The molecule has 1 unspecified atom stereocenters. The SMILES string of the molecule is N#CC1=CN(NCCCC2=CCC(F)(Cl)C=N2)CN=C1. The van der Waals surface area contributed by atoms with Crippen LogP contribution in [0.2, 0.25) is 0 Å². The van der Waals surface area contributed by atoms with Gasteiger partial charge in [0.25, 0.3) is 0 Å². The summed E-state index contributed by atoms with van der Waals surface area (Å²) >= 11 is 5.50. The van der Waals surface area contributed by atoms with Gasteiger partial charge in [0.15, 0.2) is 0 Å². The summed E-state index contributed by atoms with van der Waals surface area (Å²) in [6.45, 7) is 1.21. The lowest BCUT2D eigenvalue weighted by Gasteiger charge is -2.22. The molecule has 0 aromatic carbocycles. The first-order valence-electron chi connectivity index (χ1n) is 6.33. The Morgan fingerprint density at radius 3 is 3.15 bits per heavy atom. The Kier molecular flexibility index (Phi) is 4.88. The third-order valence-corrected chi connectivity index (χ3v) is 3.09. The van der Waals surface area contributed by atoms with E-state index in [1.165, 1.54) is 0 Å². The Bertz CT molecular complexity index is 515. The summed E-state index contributed by atoms with van der Waals surface area (Å²) in [5.41, 5.74) is 4.53. The number of hydrazine groups is 1. The molecule has 2 aliphatic heterocycles. The second-order valence-electron chi connectivity index (χ2n) is 4.55. The highest BCUT2D eigenvalue weighted by atomic mass is 35.5. The van der Waals surface area contributed by atoms with E-state index in [-0.39, 0.29) is 6.42 Å². The lowest BCUT2D eigenvalue weighted by atomic mass is 10.1. The van der Waals surface area contributed by atoms with Crippen molar-refractivity contribution >= 4 is 24.0 Å². The molecule has 0 radical (unpaired) electrons. The molecular formula is C13H15ClFN5. The van der Waals surface area contributed by atoms with Crippen molar-refractivity contribution in [2.75, 3.05) is 13.2 Å². The van der Waals surface area contributed by atoms with Crippen LogP contribution in [-0.2, 0) is 0 Å². The quantitative estimate of drug-likeness (QED) is 0.625. The number of allylic oxidation sites excluding steroid dienone is 3. The largest absolute Gasteiger partial charge is 0.293 e. The van der Waals surface area contributed by atoms with Crippen LogP contribution in [-0.4, -0.2) is 35.8 Å². The van der Waals surface area contributed by atoms with E-state index in [0.29, 0.717) is 12.2 Å². The molecule has 5 nitrogen and oxygen atoms in total. The molecule has 0 saturated carbocycles. The Morgan fingerprint density at radius 1 is 1.60 bits per heavy atom. The van der Waals surface area contributed by atoms with Gasteiger partial charge < -0.3 is 0 Å². The van der Waals surface area contributed by atoms with Crippen LogP contribution < -0.4 is 5.43 Å². The molecule has 1 atom stereocenters. The number of nitriles is 1. The summed E-state index contributed by atoms with van der Waals surface area (Å²) in [6, 6.07) is 2.04. The maximum atomic E-state index is 13.3. The minimum Gasteiger partial charge on any atom is -0.293 e. The van der Waals surface area contributed by atoms with Gasteiger partial charge in [0, 0.05) is 31.1 Å². The van der Waals surface area contributed by atoms with Gasteiger partial charge in [0.05, 0.1) is 11.8 Å². The zero-order valence-corrected chi connectivity index (χ0v) is 11.6. The number of alkyl halides is 2. The van der Waals surface area contributed by atoms with Crippen LogP contribution >= 0.6 is 11.6 Å². The first kappa shape index (κ1) is 14.7. The van der Waals surface area contributed by atoms with E-state index in [2.05, 4.69) is 15.4 Å². The fourth-order valence-electron chi connectivity index (χ4n) is 1.82. The molecule has 1 N–H and O–H groups in total. The Labute approximate surface area is 122 Å². The van der Waals surface area contributed by atoms with Crippen LogP contribution in [0.3, 0.4) is 0 Å². The molecule has 7 heteroatoms. The fraction of sp³-hybridized carbons (Fsp3) is 0.462. The molecule has 0 bridgehead atoms. The van der Waals surface area contributed by atoms with E-state index in [0.717, 1.165) is 31.3 Å². The second kappa shape index (κ2) is 6.64. The van der Waals surface area contributed by atoms with Gasteiger partial charge in [-0.25, -0.2) is 9.82 Å². The van der Waals surface area contributed by atoms with E-state index in [9.17, 15) is 4.39 Å². The van der Waals surface area contributed by atoms with Crippen molar-refractivity contribution in [3.8, 4) is 6.07 Å². The molecule has 2 aliphatic rings. The van der Waals surface area contributed by atoms with Gasteiger partial charge in [0.2, 0.25) is 5.13 Å². The van der Waals surface area contributed by atoms with Gasteiger partial charge in [-0.05, 0) is 12.8 Å². The first-order valence-corrected chi connectivity index (χ1v) is 6.71. The van der Waals surface area contributed by atoms with E-state index in [1.54, 1.807) is 23.5 Å². The molecule has 20 heavy (non-hydrogen) atoms. The predicted molar refractivity (Wildman–Crippen MR) is 77.0 cm³/mol. The van der Waals surface area contributed by atoms with Crippen molar-refractivity contribution in [2.45, 2.75) is 24.4 Å². The van der Waals surface area contributed by atoms with Crippen LogP contribution in [0, 0.1) is 11.3 Å². The van der Waals surface area contributed by atoms with E-state index < -0.39 is 5.13 Å². The van der Waals surface area contributed by atoms with Gasteiger partial charge in [-0.2, -0.15) is 5.26 Å². The van der Waals surface area contributed by atoms with E-state index in [4.69, 9.17) is 16.9 Å². The van der Waals surface area contributed by atoms with E-state index >= 15 is 0 Å². The van der Waals surface area contributed by atoms with Crippen LogP contribution in [0.1, 0.15) is 19.3 Å². The average Bonchev–Trinajstić information content (AvgIpc) is 2.45. The molecular weight excluding hydrogens is 281 g/mol. The van der Waals surface area contributed by atoms with Gasteiger partial charge in [-0.1, -0.05) is 17.7 Å². The topological polar surface area (TPSA) is 63.8 Å². The third-order valence-electron chi connectivity index (χ3n) is 2.84. The van der Waals surface area contributed by atoms with Gasteiger partial charge in [0.1, 0.15) is 12.7 Å². The molecule has 0 amide bonds. The molecule has 0 fully saturated rings. The lowest BCUT2D eigenvalue weighted by molar-refractivity contribution is 0.274. The summed E-state index contributed by atoms with van der Waals surface area (Å²) in [7, 11) is 0. The summed E-state index contributed by atoms with van der Waals surface area (Å²) in [5, 5.41) is 8.70. The second-order valence-corrected chi connectivity index (χ2v) is 5.18. The summed E-state index contributed by atoms with van der Waals surface area (Å²) < 4.78 is 13.3. The third kappa shape index (κ3) is 4.44. The number of rotatable bonds is 5. The van der Waals surface area contributed by atoms with Gasteiger partial charge in [-0.15, -0.1) is 0 Å². The molecule has 2 heterocycles. The Balaban J connectivity index is 1.67. The number of aliphatic imine (C=N–C) groups is 2. The van der Waals surface area contributed by atoms with Crippen molar-refractivity contribution < 1.29 is 4.39 Å². The zero-order valence-electron chi connectivity index (χ0n) is 10.9. The minimum atomic E-state index is -1.83. The number of nitrogens with zero attached hydrogens (tertiary/aromatic N) is 4. The molecule has 0 aromatic heterocycles. The standard InChI is InChI=1S/C13H15ClFN5/c14-13(15)4-3-12(18-9-13)2-1-5-19-20-8-11(6-16)7-17-10-20/h3,7-9,19H,1-2,4-5,10H2. The van der Waals surface area contributed by atoms with Crippen LogP contribution in [0.4, 0.5) is 4.39 Å². The van der Waals surface area contributed by atoms with Gasteiger partial charge in [-0.3, -0.25) is 15.0 Å².